The van der Waals surface area contributed by atoms with E-state index in [0.29, 0.717) is 23.4 Å². The Hall–Kier alpha value is -4.36. The van der Waals surface area contributed by atoms with Gasteiger partial charge < -0.3 is 10.2 Å². The van der Waals surface area contributed by atoms with Crippen LogP contribution in [0.25, 0.3) is 11.1 Å². The fraction of sp³-hybridized carbons (Fsp3) is 0.250. The van der Waals surface area contributed by atoms with Gasteiger partial charge in [-0.25, -0.2) is 0 Å². The van der Waals surface area contributed by atoms with Gasteiger partial charge in [0.1, 0.15) is 5.69 Å². The van der Waals surface area contributed by atoms with Gasteiger partial charge in [-0.05, 0) is 73.8 Å². The molecule has 5 rings (SSSR count). The highest BCUT2D eigenvalue weighted by Gasteiger charge is 2.37. The van der Waals surface area contributed by atoms with Crippen LogP contribution in [0, 0.1) is 10.1 Å². The van der Waals surface area contributed by atoms with Gasteiger partial charge in [0.05, 0.1) is 4.92 Å². The summed E-state index contributed by atoms with van der Waals surface area (Å²) >= 11 is 0. The summed E-state index contributed by atoms with van der Waals surface area (Å²) in [6.45, 7) is 3.47. The van der Waals surface area contributed by atoms with Crippen LogP contribution in [-0.2, 0) is 5.41 Å². The molecular weight excluding hydrogens is 488 g/mol. The Morgan fingerprint density at radius 3 is 2.08 bits per heavy atom. The minimum absolute atomic E-state index is 0.0103. The fourth-order valence-corrected chi connectivity index (χ4v) is 5.59. The summed E-state index contributed by atoms with van der Waals surface area (Å²) < 4.78 is 0. The number of hydrogen-bond donors (Lipinski definition) is 1. The molecule has 198 valence electrons. The number of carbonyl (C=O) groups is 1. The van der Waals surface area contributed by atoms with Gasteiger partial charge in [-0.3, -0.25) is 19.9 Å². The lowest BCUT2D eigenvalue weighted by molar-refractivity contribution is -0.384. The molecular formula is C32H32N4O3. The van der Waals surface area contributed by atoms with Crippen molar-refractivity contribution in [2.75, 3.05) is 26.2 Å². The van der Waals surface area contributed by atoms with Crippen LogP contribution in [-0.4, -0.2) is 46.9 Å². The maximum Gasteiger partial charge on any atom is 0.270 e. The summed E-state index contributed by atoms with van der Waals surface area (Å²) in [6, 6.07) is 31.4. The lowest BCUT2D eigenvalue weighted by Crippen LogP contribution is -2.44. The molecule has 0 radical (unpaired) electrons. The minimum atomic E-state index is -0.438. The Labute approximate surface area is 228 Å². The Balaban J connectivity index is 1.16. The van der Waals surface area contributed by atoms with Gasteiger partial charge in [-0.2, -0.15) is 0 Å². The lowest BCUT2D eigenvalue weighted by atomic mass is 9.68. The topological polar surface area (TPSA) is 88.4 Å². The SMILES string of the molecule is O=C(NCCCN1CCC(c2ccccc2)(c2ccccc2)CC1)c1ncccc1-c1ccc([N+](=O)[O-])cc1. The molecule has 4 aromatic rings. The molecule has 1 amide bonds. The smallest absolute Gasteiger partial charge is 0.270 e. The molecule has 1 aromatic heterocycles. The van der Waals surface area contributed by atoms with Crippen LogP contribution in [0.3, 0.4) is 0 Å². The van der Waals surface area contributed by atoms with E-state index < -0.39 is 4.92 Å². The number of non-ortho nitro benzene ring substituents is 1. The molecule has 39 heavy (non-hydrogen) atoms. The van der Waals surface area contributed by atoms with Crippen molar-refractivity contribution in [3.05, 3.63) is 130 Å². The number of amides is 1. The van der Waals surface area contributed by atoms with E-state index in [9.17, 15) is 14.9 Å². The minimum Gasteiger partial charge on any atom is -0.351 e. The van der Waals surface area contributed by atoms with E-state index in [2.05, 4.69) is 75.9 Å². The number of nitro benzene ring substituents is 1. The Kier molecular flexibility index (Phi) is 8.08. The van der Waals surface area contributed by atoms with Crippen LogP contribution in [0.1, 0.15) is 40.9 Å². The number of aromatic nitrogens is 1. The van der Waals surface area contributed by atoms with Gasteiger partial charge in [0, 0.05) is 35.9 Å². The van der Waals surface area contributed by atoms with E-state index >= 15 is 0 Å². The second-order valence-corrected chi connectivity index (χ2v) is 9.97. The molecule has 1 N–H and O–H groups in total. The van der Waals surface area contributed by atoms with Crippen molar-refractivity contribution >= 4 is 11.6 Å². The average Bonchev–Trinajstić information content (AvgIpc) is 3.00. The van der Waals surface area contributed by atoms with E-state index in [1.54, 1.807) is 24.4 Å². The van der Waals surface area contributed by atoms with Gasteiger partial charge in [0.25, 0.3) is 11.6 Å². The Bertz CT molecular complexity index is 1360. The molecule has 1 aliphatic heterocycles. The second kappa shape index (κ2) is 12.0. The van der Waals surface area contributed by atoms with Crippen molar-refractivity contribution < 1.29 is 9.72 Å². The van der Waals surface area contributed by atoms with Gasteiger partial charge in [0.15, 0.2) is 0 Å². The number of nitrogens with one attached hydrogen (secondary N) is 1. The first-order valence-electron chi connectivity index (χ1n) is 13.4. The molecule has 0 atom stereocenters. The van der Waals surface area contributed by atoms with Gasteiger partial charge in [-0.1, -0.05) is 66.7 Å². The van der Waals surface area contributed by atoms with E-state index in [-0.39, 0.29) is 17.0 Å². The van der Waals surface area contributed by atoms with E-state index in [0.717, 1.165) is 38.9 Å². The molecule has 0 bridgehead atoms. The highest BCUT2D eigenvalue weighted by molar-refractivity contribution is 5.98. The van der Waals surface area contributed by atoms with Crippen LogP contribution in [0.5, 0.6) is 0 Å². The first kappa shape index (κ1) is 26.3. The van der Waals surface area contributed by atoms with Crippen molar-refractivity contribution in [1.82, 2.24) is 15.2 Å². The normalized spacial score (nSPS) is 15.0. The summed E-state index contributed by atoms with van der Waals surface area (Å²) in [4.78, 5) is 30.3. The summed E-state index contributed by atoms with van der Waals surface area (Å²) in [5.74, 6) is -0.241. The number of hydrogen-bond acceptors (Lipinski definition) is 5. The largest absolute Gasteiger partial charge is 0.351 e. The van der Waals surface area contributed by atoms with Crippen molar-refractivity contribution in [2.45, 2.75) is 24.7 Å². The van der Waals surface area contributed by atoms with E-state index in [4.69, 9.17) is 0 Å². The van der Waals surface area contributed by atoms with Crippen molar-refractivity contribution in [3.63, 3.8) is 0 Å². The third-order valence-corrected chi connectivity index (χ3v) is 7.71. The third-order valence-electron chi connectivity index (χ3n) is 7.71. The van der Waals surface area contributed by atoms with E-state index in [1.165, 1.54) is 23.3 Å². The molecule has 0 unspecified atom stereocenters. The molecule has 1 aliphatic rings. The number of carbonyl (C=O) groups excluding carboxylic acids is 1. The number of pyridine rings is 1. The van der Waals surface area contributed by atoms with Crippen molar-refractivity contribution in [3.8, 4) is 11.1 Å². The van der Waals surface area contributed by atoms with Gasteiger partial charge in [0.2, 0.25) is 0 Å². The number of piperidine rings is 1. The average molecular weight is 521 g/mol. The number of nitro groups is 1. The molecule has 0 aliphatic carbocycles. The molecule has 1 saturated heterocycles. The van der Waals surface area contributed by atoms with Crippen molar-refractivity contribution in [2.24, 2.45) is 0 Å². The number of likely N-dealkylation sites (tertiary alicyclic amines) is 1. The first-order chi connectivity index (χ1) is 19.1. The third kappa shape index (κ3) is 5.89. The summed E-state index contributed by atoms with van der Waals surface area (Å²) in [6.07, 6.45) is 4.54. The van der Waals surface area contributed by atoms with Crippen LogP contribution < -0.4 is 5.32 Å². The van der Waals surface area contributed by atoms with E-state index in [1.807, 2.05) is 6.07 Å². The number of benzene rings is 3. The van der Waals surface area contributed by atoms with Crippen LogP contribution in [0.15, 0.2) is 103 Å². The molecule has 0 saturated carbocycles. The monoisotopic (exact) mass is 520 g/mol. The fourth-order valence-electron chi connectivity index (χ4n) is 5.59. The predicted octanol–water partition coefficient (Wildman–Crippen LogP) is 5.86. The quantitative estimate of drug-likeness (QED) is 0.170. The Morgan fingerprint density at radius 1 is 0.872 bits per heavy atom. The second-order valence-electron chi connectivity index (χ2n) is 9.97. The van der Waals surface area contributed by atoms with Crippen molar-refractivity contribution in [1.29, 1.82) is 0 Å². The maximum atomic E-state index is 13.0. The summed E-state index contributed by atoms with van der Waals surface area (Å²) in [5, 5.41) is 14.0. The molecule has 1 fully saturated rings. The van der Waals surface area contributed by atoms with Crippen LogP contribution in [0.4, 0.5) is 5.69 Å². The summed E-state index contributed by atoms with van der Waals surface area (Å²) in [5.41, 5.74) is 4.48. The molecule has 7 nitrogen and oxygen atoms in total. The standard InChI is InChI=1S/C32H32N4O3/c37-31(30-29(13-7-20-33-30)25-14-16-28(17-15-25)36(38)39)34-21-8-22-35-23-18-32(19-24-35,26-9-3-1-4-10-26)27-11-5-2-6-12-27/h1-7,9-17,20H,8,18-19,21-24H2,(H,34,37). The van der Waals surface area contributed by atoms with Crippen LogP contribution >= 0.6 is 0 Å². The zero-order valence-corrected chi connectivity index (χ0v) is 21.8. The molecule has 2 heterocycles. The maximum absolute atomic E-state index is 13.0. The van der Waals surface area contributed by atoms with Gasteiger partial charge in [-0.15, -0.1) is 0 Å². The lowest BCUT2D eigenvalue weighted by Gasteiger charge is -2.43. The molecule has 7 heteroatoms. The first-order valence-corrected chi connectivity index (χ1v) is 13.4. The molecule has 0 spiro atoms. The highest BCUT2D eigenvalue weighted by atomic mass is 16.6. The zero-order valence-electron chi connectivity index (χ0n) is 21.8. The number of nitrogens with zero attached hydrogens (tertiary/aromatic N) is 3. The highest BCUT2D eigenvalue weighted by Crippen LogP contribution is 2.41. The Morgan fingerprint density at radius 2 is 1.49 bits per heavy atom. The van der Waals surface area contributed by atoms with Gasteiger partial charge >= 0.3 is 0 Å². The summed E-state index contributed by atoms with van der Waals surface area (Å²) in [7, 11) is 0. The predicted molar refractivity (Wildman–Crippen MR) is 153 cm³/mol. The van der Waals surface area contributed by atoms with Crippen LogP contribution in [0.2, 0.25) is 0 Å². The number of rotatable bonds is 9. The molecule has 3 aromatic carbocycles. The zero-order chi connectivity index (χ0) is 27.1.